The van der Waals surface area contributed by atoms with Crippen molar-refractivity contribution in [3.05, 3.63) is 64.7 Å². The average molecular weight is 312 g/mol. The summed E-state index contributed by atoms with van der Waals surface area (Å²) in [5.41, 5.74) is 4.70. The molecule has 0 atom stereocenters. The Balaban J connectivity index is 1.66. The Morgan fingerprint density at radius 1 is 0.957 bits per heavy atom. The number of amides is 2. The highest BCUT2D eigenvalue weighted by Crippen LogP contribution is 2.18. The Morgan fingerprint density at radius 2 is 1.65 bits per heavy atom. The lowest BCUT2D eigenvalue weighted by Crippen LogP contribution is -2.38. The van der Waals surface area contributed by atoms with Crippen LogP contribution >= 0.6 is 0 Å². The highest BCUT2D eigenvalue weighted by molar-refractivity contribution is 5.73. The molecule has 2 aromatic carbocycles. The Kier molecular flexibility index (Phi) is 6.03. The number of rotatable bonds is 6. The number of urea groups is 1. The van der Waals surface area contributed by atoms with Crippen molar-refractivity contribution in [2.75, 3.05) is 13.3 Å². The van der Waals surface area contributed by atoms with Gasteiger partial charge in [0, 0.05) is 6.54 Å². The van der Waals surface area contributed by atoms with Crippen molar-refractivity contribution in [3.63, 3.8) is 0 Å². The molecule has 0 spiro atoms. The molecule has 0 aromatic heterocycles. The van der Waals surface area contributed by atoms with E-state index in [9.17, 15) is 4.79 Å². The minimum atomic E-state index is -0.220. The largest absolute Gasteiger partial charge is 0.473 e. The number of ether oxygens (including phenoxy) is 1. The fourth-order valence-corrected chi connectivity index (χ4v) is 2.28. The van der Waals surface area contributed by atoms with Gasteiger partial charge in [-0.15, -0.1) is 0 Å². The molecule has 0 aliphatic carbocycles. The summed E-state index contributed by atoms with van der Waals surface area (Å²) in [5, 5.41) is 5.52. The van der Waals surface area contributed by atoms with Crippen molar-refractivity contribution in [1.82, 2.24) is 10.6 Å². The molecule has 0 bridgehead atoms. The molecule has 0 aliphatic rings. The predicted molar refractivity (Wildman–Crippen MR) is 92.8 cm³/mol. The van der Waals surface area contributed by atoms with Gasteiger partial charge in [0.1, 0.15) is 5.75 Å². The van der Waals surface area contributed by atoms with E-state index in [0.717, 1.165) is 17.7 Å². The van der Waals surface area contributed by atoms with Crippen LogP contribution in [0.1, 0.15) is 22.3 Å². The molecule has 0 unspecified atom stereocenters. The second kappa shape index (κ2) is 8.22. The Labute approximate surface area is 137 Å². The lowest BCUT2D eigenvalue weighted by molar-refractivity contribution is 0.224. The molecule has 0 fully saturated rings. The van der Waals surface area contributed by atoms with Gasteiger partial charge in [0.05, 0.1) is 0 Å². The quantitative estimate of drug-likeness (QED) is 0.802. The number of aryl methyl sites for hydroxylation is 3. The molecule has 0 saturated heterocycles. The van der Waals surface area contributed by atoms with Gasteiger partial charge in [-0.3, -0.25) is 0 Å². The summed E-state index contributed by atoms with van der Waals surface area (Å²) in [4.78, 5) is 11.7. The number of nitrogens with one attached hydrogen (secondary N) is 2. The van der Waals surface area contributed by atoms with E-state index >= 15 is 0 Å². The summed E-state index contributed by atoms with van der Waals surface area (Å²) in [6, 6.07) is 14.1. The molecule has 0 saturated carbocycles. The maximum atomic E-state index is 11.7. The highest BCUT2D eigenvalue weighted by atomic mass is 16.5. The van der Waals surface area contributed by atoms with Crippen molar-refractivity contribution in [2.24, 2.45) is 0 Å². The molecule has 2 N–H and O–H groups in total. The number of carbonyl (C=O) groups excluding carboxylic acids is 1. The van der Waals surface area contributed by atoms with Crippen molar-refractivity contribution >= 4 is 6.03 Å². The molecule has 0 aliphatic heterocycles. The third-order valence-electron chi connectivity index (χ3n) is 3.61. The van der Waals surface area contributed by atoms with E-state index in [1.807, 2.05) is 26.0 Å². The molecular formula is C19H24N2O2. The summed E-state index contributed by atoms with van der Waals surface area (Å²) in [6.07, 6.45) is 0.811. The minimum Gasteiger partial charge on any atom is -0.473 e. The van der Waals surface area contributed by atoms with Gasteiger partial charge in [0.2, 0.25) is 0 Å². The van der Waals surface area contributed by atoms with Crippen LogP contribution in [0.15, 0.2) is 42.5 Å². The average Bonchev–Trinajstić information content (AvgIpc) is 2.51. The van der Waals surface area contributed by atoms with Gasteiger partial charge in [-0.1, -0.05) is 47.5 Å². The van der Waals surface area contributed by atoms with Crippen LogP contribution in [0.25, 0.3) is 0 Å². The SMILES string of the molecule is Cc1ccc(CCNC(=O)NCOc2ccc(C)cc2C)cc1. The van der Waals surface area contributed by atoms with Crippen LogP contribution in [-0.4, -0.2) is 19.3 Å². The number of carbonyl (C=O) groups is 1. The van der Waals surface area contributed by atoms with Crippen LogP contribution < -0.4 is 15.4 Å². The Hall–Kier alpha value is -2.49. The molecule has 2 amide bonds. The third kappa shape index (κ3) is 5.66. The number of hydrogen-bond acceptors (Lipinski definition) is 2. The minimum absolute atomic E-state index is 0.153. The van der Waals surface area contributed by atoms with Crippen molar-refractivity contribution in [3.8, 4) is 5.75 Å². The zero-order valence-corrected chi connectivity index (χ0v) is 14.0. The summed E-state index contributed by atoms with van der Waals surface area (Å²) in [5.74, 6) is 0.788. The second-order valence-corrected chi connectivity index (χ2v) is 5.73. The second-order valence-electron chi connectivity index (χ2n) is 5.73. The van der Waals surface area contributed by atoms with Crippen molar-refractivity contribution < 1.29 is 9.53 Å². The van der Waals surface area contributed by atoms with E-state index in [1.54, 1.807) is 0 Å². The van der Waals surface area contributed by atoms with Crippen LogP contribution in [0, 0.1) is 20.8 Å². The lowest BCUT2D eigenvalue weighted by Gasteiger charge is -2.11. The lowest BCUT2D eigenvalue weighted by atomic mass is 10.1. The van der Waals surface area contributed by atoms with Gasteiger partial charge in [0.25, 0.3) is 0 Å². The fraction of sp³-hybridized carbons (Fsp3) is 0.316. The van der Waals surface area contributed by atoms with Crippen LogP contribution in [-0.2, 0) is 6.42 Å². The molecule has 0 radical (unpaired) electrons. The topological polar surface area (TPSA) is 50.4 Å². The smallest absolute Gasteiger partial charge is 0.317 e. The summed E-state index contributed by atoms with van der Waals surface area (Å²) < 4.78 is 5.57. The monoisotopic (exact) mass is 312 g/mol. The molecule has 2 aromatic rings. The van der Waals surface area contributed by atoms with Gasteiger partial charge in [-0.25, -0.2) is 4.79 Å². The van der Waals surface area contributed by atoms with E-state index in [0.29, 0.717) is 6.54 Å². The summed E-state index contributed by atoms with van der Waals surface area (Å²) >= 11 is 0. The normalized spacial score (nSPS) is 10.2. The molecule has 2 rings (SSSR count). The Bertz CT molecular complexity index is 651. The Morgan fingerprint density at radius 3 is 2.35 bits per heavy atom. The molecular weight excluding hydrogens is 288 g/mol. The van der Waals surface area contributed by atoms with Gasteiger partial charge in [0.15, 0.2) is 6.73 Å². The predicted octanol–water partition coefficient (Wildman–Crippen LogP) is 3.49. The standard InChI is InChI=1S/C19H24N2O2/c1-14-4-7-17(8-5-14)10-11-20-19(22)21-13-23-18-9-6-15(2)12-16(18)3/h4-9,12H,10-11,13H2,1-3H3,(H2,20,21,22). The molecule has 23 heavy (non-hydrogen) atoms. The van der Waals surface area contributed by atoms with Gasteiger partial charge >= 0.3 is 6.03 Å². The zero-order chi connectivity index (χ0) is 16.7. The highest BCUT2D eigenvalue weighted by Gasteiger charge is 2.02. The maximum Gasteiger partial charge on any atom is 0.317 e. The zero-order valence-electron chi connectivity index (χ0n) is 14.0. The summed E-state index contributed by atoms with van der Waals surface area (Å²) in [7, 11) is 0. The first-order valence-electron chi connectivity index (χ1n) is 7.82. The number of benzene rings is 2. The maximum absolute atomic E-state index is 11.7. The van der Waals surface area contributed by atoms with E-state index in [-0.39, 0.29) is 12.8 Å². The first kappa shape index (κ1) is 16.9. The van der Waals surface area contributed by atoms with E-state index in [2.05, 4.69) is 47.9 Å². The van der Waals surface area contributed by atoms with Crippen molar-refractivity contribution in [1.29, 1.82) is 0 Å². The van der Waals surface area contributed by atoms with E-state index in [4.69, 9.17) is 4.74 Å². The van der Waals surface area contributed by atoms with Crippen LogP contribution in [0.2, 0.25) is 0 Å². The molecule has 4 heteroatoms. The first-order chi connectivity index (χ1) is 11.0. The van der Waals surface area contributed by atoms with Crippen LogP contribution in [0.3, 0.4) is 0 Å². The molecule has 122 valence electrons. The molecule has 4 nitrogen and oxygen atoms in total. The fourth-order valence-electron chi connectivity index (χ4n) is 2.28. The van der Waals surface area contributed by atoms with Gasteiger partial charge in [-0.05, 0) is 44.4 Å². The van der Waals surface area contributed by atoms with E-state index < -0.39 is 0 Å². The summed E-state index contributed by atoms with van der Waals surface area (Å²) in [6.45, 7) is 6.84. The van der Waals surface area contributed by atoms with Gasteiger partial charge in [-0.2, -0.15) is 0 Å². The van der Waals surface area contributed by atoms with Crippen LogP contribution in [0.5, 0.6) is 5.75 Å². The first-order valence-corrected chi connectivity index (χ1v) is 7.82. The van der Waals surface area contributed by atoms with E-state index in [1.165, 1.54) is 16.7 Å². The number of hydrogen-bond donors (Lipinski definition) is 2. The van der Waals surface area contributed by atoms with Crippen molar-refractivity contribution in [2.45, 2.75) is 27.2 Å². The molecule has 0 heterocycles. The van der Waals surface area contributed by atoms with Gasteiger partial charge < -0.3 is 15.4 Å². The van der Waals surface area contributed by atoms with Crippen LogP contribution in [0.4, 0.5) is 4.79 Å². The third-order valence-corrected chi connectivity index (χ3v) is 3.61.